The number of benzene rings is 2. The van der Waals surface area contributed by atoms with E-state index < -0.39 is 18.3 Å². The normalized spacial score (nSPS) is 23.4. The Kier molecular flexibility index (Phi) is 10.7. The molecule has 2 amide bonds. The van der Waals surface area contributed by atoms with Crippen molar-refractivity contribution in [2.24, 2.45) is 0 Å². The van der Waals surface area contributed by atoms with Crippen molar-refractivity contribution in [3.63, 3.8) is 0 Å². The van der Waals surface area contributed by atoms with Crippen molar-refractivity contribution in [1.82, 2.24) is 15.5 Å². The molecule has 2 aromatic rings. The lowest BCUT2D eigenvalue weighted by atomic mass is 9.99. The fourth-order valence-electron chi connectivity index (χ4n) is 5.04. The molecule has 4 rings (SSSR count). The minimum atomic E-state index is -0.573. The van der Waals surface area contributed by atoms with E-state index in [1.807, 2.05) is 48.5 Å². The number of ether oxygens (including phenoxy) is 3. The number of aliphatic hydroxyl groups is 2. The van der Waals surface area contributed by atoms with Gasteiger partial charge in [-0.15, -0.1) is 0 Å². The van der Waals surface area contributed by atoms with E-state index in [9.17, 15) is 19.8 Å². The highest BCUT2D eigenvalue weighted by Gasteiger charge is 2.35. The molecule has 212 valence electrons. The van der Waals surface area contributed by atoms with Crippen molar-refractivity contribution < 1.29 is 34.0 Å². The molecule has 0 aliphatic carbocycles. The molecule has 2 aliphatic heterocycles. The van der Waals surface area contributed by atoms with Gasteiger partial charge in [0.2, 0.25) is 0 Å². The zero-order chi connectivity index (χ0) is 27.6. The summed E-state index contributed by atoms with van der Waals surface area (Å²) in [6.45, 7) is 3.89. The van der Waals surface area contributed by atoms with E-state index in [2.05, 4.69) is 15.5 Å². The van der Waals surface area contributed by atoms with Crippen LogP contribution in [0.1, 0.15) is 60.8 Å². The Labute approximate surface area is 229 Å². The van der Waals surface area contributed by atoms with E-state index in [0.29, 0.717) is 13.0 Å². The average Bonchev–Trinajstić information content (AvgIpc) is 3.42. The van der Waals surface area contributed by atoms with Crippen LogP contribution < -0.4 is 10.6 Å². The van der Waals surface area contributed by atoms with Crippen molar-refractivity contribution in [3.05, 3.63) is 70.8 Å². The Bertz CT molecular complexity index is 1060. The van der Waals surface area contributed by atoms with Crippen molar-refractivity contribution in [2.45, 2.75) is 63.9 Å². The molecule has 4 atom stereocenters. The summed E-state index contributed by atoms with van der Waals surface area (Å²) >= 11 is 0. The minimum absolute atomic E-state index is 0.00800. The van der Waals surface area contributed by atoms with Crippen LogP contribution in [0.25, 0.3) is 0 Å². The summed E-state index contributed by atoms with van der Waals surface area (Å²) in [6.07, 6.45) is 1.92. The number of rotatable bonds is 11. The summed E-state index contributed by atoms with van der Waals surface area (Å²) in [7, 11) is 0. The standard InChI is InChI=1S/C29H39N3O7/c1-2-37-27(35)16-31-29(36)30-15-20-5-11-23(12-6-20)28-38-25(17-32-13-3-4-24(32)19-34)14-26(39-28)22-9-7-21(18-33)8-10-22/h5-12,24-26,28,33-34H,2-4,13-19H2,1H3,(H2,30,31,36)/t24-,25+,26-,28-/m0/s1. The number of esters is 1. The third kappa shape index (κ3) is 8.23. The quantitative estimate of drug-likeness (QED) is 0.320. The van der Waals surface area contributed by atoms with E-state index >= 15 is 0 Å². The van der Waals surface area contributed by atoms with E-state index in [1.54, 1.807) is 6.92 Å². The summed E-state index contributed by atoms with van der Waals surface area (Å²) in [4.78, 5) is 25.7. The van der Waals surface area contributed by atoms with Gasteiger partial charge in [-0.3, -0.25) is 9.69 Å². The molecule has 0 spiro atoms. The number of aliphatic hydroxyl groups excluding tert-OH is 2. The molecule has 2 fully saturated rings. The fourth-order valence-corrected chi connectivity index (χ4v) is 5.04. The highest BCUT2D eigenvalue weighted by Crippen LogP contribution is 2.38. The highest BCUT2D eigenvalue weighted by atomic mass is 16.7. The molecule has 10 nitrogen and oxygen atoms in total. The first-order valence-corrected chi connectivity index (χ1v) is 13.6. The Morgan fingerprint density at radius 1 is 1.00 bits per heavy atom. The number of hydrogen-bond acceptors (Lipinski definition) is 8. The zero-order valence-corrected chi connectivity index (χ0v) is 22.4. The van der Waals surface area contributed by atoms with Gasteiger partial charge >= 0.3 is 12.0 Å². The Hall–Kier alpha value is -3.02. The number of nitrogens with one attached hydrogen (secondary N) is 2. The third-order valence-electron chi connectivity index (χ3n) is 7.17. The first-order chi connectivity index (χ1) is 19.0. The minimum Gasteiger partial charge on any atom is -0.465 e. The lowest BCUT2D eigenvalue weighted by molar-refractivity contribution is -0.253. The van der Waals surface area contributed by atoms with Crippen LogP contribution >= 0.6 is 0 Å². The monoisotopic (exact) mass is 541 g/mol. The molecule has 0 radical (unpaired) electrons. The fraction of sp³-hybridized carbons (Fsp3) is 0.517. The summed E-state index contributed by atoms with van der Waals surface area (Å²) in [5, 5.41) is 24.4. The van der Waals surface area contributed by atoms with Gasteiger partial charge in [-0.2, -0.15) is 0 Å². The van der Waals surface area contributed by atoms with Crippen LogP contribution in [0, 0.1) is 0 Å². The number of nitrogens with zero attached hydrogens (tertiary/aromatic N) is 1. The molecule has 10 heteroatoms. The maximum absolute atomic E-state index is 12.0. The maximum Gasteiger partial charge on any atom is 0.325 e. The Morgan fingerprint density at radius 3 is 2.41 bits per heavy atom. The Morgan fingerprint density at radius 2 is 1.72 bits per heavy atom. The SMILES string of the molecule is CCOC(=O)CNC(=O)NCc1ccc([C@H]2O[C@@H](CN3CCC[C@H]3CO)C[C@@H](c3ccc(CO)cc3)O2)cc1. The van der Waals surface area contributed by atoms with E-state index in [0.717, 1.165) is 48.2 Å². The smallest absolute Gasteiger partial charge is 0.325 e. The molecule has 0 bridgehead atoms. The van der Waals surface area contributed by atoms with Crippen LogP contribution in [0.3, 0.4) is 0 Å². The van der Waals surface area contributed by atoms with Gasteiger partial charge in [0.15, 0.2) is 6.29 Å². The second-order valence-electron chi connectivity index (χ2n) is 9.91. The molecule has 2 aromatic carbocycles. The molecule has 2 heterocycles. The molecule has 0 aromatic heterocycles. The van der Waals surface area contributed by atoms with Crippen molar-refractivity contribution in [2.75, 3.05) is 32.8 Å². The molecular weight excluding hydrogens is 502 g/mol. The van der Waals surface area contributed by atoms with Gasteiger partial charge in [0.1, 0.15) is 6.54 Å². The van der Waals surface area contributed by atoms with Crippen molar-refractivity contribution >= 4 is 12.0 Å². The number of urea groups is 1. The summed E-state index contributed by atoms with van der Waals surface area (Å²) in [5.41, 5.74) is 3.63. The summed E-state index contributed by atoms with van der Waals surface area (Å²) < 4.78 is 17.6. The molecule has 4 N–H and O–H groups in total. The van der Waals surface area contributed by atoms with E-state index in [-0.39, 0.29) is 44.6 Å². The van der Waals surface area contributed by atoms with E-state index in [1.165, 1.54) is 0 Å². The van der Waals surface area contributed by atoms with Gasteiger partial charge < -0.3 is 35.1 Å². The number of amides is 2. The summed E-state index contributed by atoms with van der Waals surface area (Å²) in [6, 6.07) is 15.2. The number of hydrogen-bond donors (Lipinski definition) is 4. The topological polar surface area (TPSA) is 130 Å². The largest absolute Gasteiger partial charge is 0.465 e. The number of carbonyl (C=O) groups excluding carboxylic acids is 2. The van der Waals surface area contributed by atoms with Gasteiger partial charge in [-0.25, -0.2) is 4.79 Å². The van der Waals surface area contributed by atoms with Gasteiger partial charge in [0.05, 0.1) is 32.0 Å². The number of carbonyl (C=O) groups is 2. The van der Waals surface area contributed by atoms with Crippen LogP contribution in [0.5, 0.6) is 0 Å². The lowest BCUT2D eigenvalue weighted by Crippen LogP contribution is -2.42. The van der Waals surface area contributed by atoms with Gasteiger partial charge in [-0.1, -0.05) is 48.5 Å². The zero-order valence-electron chi connectivity index (χ0n) is 22.4. The molecule has 39 heavy (non-hydrogen) atoms. The van der Waals surface area contributed by atoms with Gasteiger partial charge in [0, 0.05) is 31.1 Å². The first kappa shape index (κ1) is 29.0. The van der Waals surface area contributed by atoms with E-state index in [4.69, 9.17) is 14.2 Å². The summed E-state index contributed by atoms with van der Waals surface area (Å²) in [5.74, 6) is -0.484. The van der Waals surface area contributed by atoms with Crippen LogP contribution in [0.2, 0.25) is 0 Å². The van der Waals surface area contributed by atoms with Crippen LogP contribution in [0.4, 0.5) is 4.79 Å². The lowest BCUT2D eigenvalue weighted by Gasteiger charge is -2.38. The van der Waals surface area contributed by atoms with Gasteiger partial charge in [-0.05, 0) is 43.0 Å². The second kappa shape index (κ2) is 14.4. The first-order valence-electron chi connectivity index (χ1n) is 13.6. The predicted molar refractivity (Wildman–Crippen MR) is 143 cm³/mol. The van der Waals surface area contributed by atoms with Crippen LogP contribution in [-0.2, 0) is 32.2 Å². The van der Waals surface area contributed by atoms with Crippen LogP contribution in [-0.4, -0.2) is 72.1 Å². The molecule has 2 saturated heterocycles. The molecule has 0 saturated carbocycles. The van der Waals surface area contributed by atoms with Crippen LogP contribution in [0.15, 0.2) is 48.5 Å². The number of likely N-dealkylation sites (tertiary alicyclic amines) is 1. The Balaban J connectivity index is 1.40. The van der Waals surface area contributed by atoms with Crippen molar-refractivity contribution in [3.8, 4) is 0 Å². The maximum atomic E-state index is 12.0. The van der Waals surface area contributed by atoms with Crippen molar-refractivity contribution in [1.29, 1.82) is 0 Å². The predicted octanol–water partition coefficient (Wildman–Crippen LogP) is 2.54. The van der Waals surface area contributed by atoms with Gasteiger partial charge in [0.25, 0.3) is 0 Å². The molecular formula is C29H39N3O7. The third-order valence-corrected chi connectivity index (χ3v) is 7.17. The molecule has 2 aliphatic rings. The average molecular weight is 542 g/mol. The highest BCUT2D eigenvalue weighted by molar-refractivity contribution is 5.80. The second-order valence-corrected chi connectivity index (χ2v) is 9.91. The molecule has 0 unspecified atom stereocenters.